The van der Waals surface area contributed by atoms with E-state index in [0.717, 1.165) is 16.5 Å². The number of urea groups is 1. The van der Waals surface area contributed by atoms with Crippen LogP contribution in [-0.4, -0.2) is 30.4 Å². The maximum atomic E-state index is 10.8. The first kappa shape index (κ1) is 11.3. The molecule has 0 spiro atoms. The van der Waals surface area contributed by atoms with Gasteiger partial charge in [-0.2, -0.15) is 11.8 Å². The average Bonchev–Trinajstić information content (AvgIpc) is 2.69. The quantitative estimate of drug-likeness (QED) is 0.751. The van der Waals surface area contributed by atoms with Crippen molar-refractivity contribution in [2.75, 3.05) is 19.3 Å². The zero-order valence-electron chi connectivity index (χ0n) is 7.95. The highest BCUT2D eigenvalue weighted by Gasteiger charge is 1.97. The van der Waals surface area contributed by atoms with Crippen molar-refractivity contribution in [3.63, 3.8) is 0 Å². The first-order valence-electron chi connectivity index (χ1n) is 4.24. The molecule has 0 aliphatic heterocycles. The van der Waals surface area contributed by atoms with E-state index in [1.54, 1.807) is 30.1 Å². The lowest BCUT2D eigenvalue weighted by molar-refractivity contribution is 0.243. The molecular formula is C8H13N3OS2. The summed E-state index contributed by atoms with van der Waals surface area (Å²) in [5.41, 5.74) is 0. The van der Waals surface area contributed by atoms with Crippen LogP contribution in [0.3, 0.4) is 0 Å². The summed E-state index contributed by atoms with van der Waals surface area (Å²) < 4.78 is 0. The Morgan fingerprint density at radius 2 is 2.57 bits per heavy atom. The van der Waals surface area contributed by atoms with Crippen LogP contribution < -0.4 is 10.6 Å². The number of hydrogen-bond acceptors (Lipinski definition) is 4. The zero-order valence-corrected chi connectivity index (χ0v) is 9.58. The molecule has 0 aliphatic rings. The monoisotopic (exact) mass is 231 g/mol. The Balaban J connectivity index is 1.97. The van der Waals surface area contributed by atoms with Gasteiger partial charge in [-0.25, -0.2) is 9.78 Å². The Hall–Kier alpha value is -0.750. The van der Waals surface area contributed by atoms with Gasteiger partial charge in [0.2, 0.25) is 0 Å². The van der Waals surface area contributed by atoms with Crippen molar-refractivity contribution < 1.29 is 4.79 Å². The van der Waals surface area contributed by atoms with Gasteiger partial charge >= 0.3 is 6.03 Å². The summed E-state index contributed by atoms with van der Waals surface area (Å²) in [4.78, 5) is 14.9. The SMILES string of the molecule is CNC(=O)NCCSCc1nccs1. The van der Waals surface area contributed by atoms with Crippen molar-refractivity contribution in [1.82, 2.24) is 15.6 Å². The number of rotatable bonds is 5. The lowest BCUT2D eigenvalue weighted by atomic mass is 10.7. The number of aromatic nitrogens is 1. The molecular weight excluding hydrogens is 218 g/mol. The van der Waals surface area contributed by atoms with Gasteiger partial charge in [0, 0.05) is 36.7 Å². The van der Waals surface area contributed by atoms with Gasteiger partial charge in [0.05, 0.1) is 0 Å². The van der Waals surface area contributed by atoms with E-state index < -0.39 is 0 Å². The van der Waals surface area contributed by atoms with E-state index in [0.29, 0.717) is 6.54 Å². The minimum absolute atomic E-state index is 0.125. The fourth-order valence-electron chi connectivity index (χ4n) is 0.809. The number of thioether (sulfide) groups is 1. The van der Waals surface area contributed by atoms with E-state index in [4.69, 9.17) is 0 Å². The molecule has 0 saturated heterocycles. The lowest BCUT2D eigenvalue weighted by Crippen LogP contribution is -2.34. The van der Waals surface area contributed by atoms with Gasteiger partial charge in [0.25, 0.3) is 0 Å². The van der Waals surface area contributed by atoms with Gasteiger partial charge in [0.1, 0.15) is 5.01 Å². The fourth-order valence-corrected chi connectivity index (χ4v) is 2.37. The third-order valence-corrected chi connectivity index (χ3v) is 3.40. The van der Waals surface area contributed by atoms with Gasteiger partial charge in [0.15, 0.2) is 0 Å². The normalized spacial score (nSPS) is 9.79. The Labute approximate surface area is 91.5 Å². The second-order valence-corrected chi connectivity index (χ2v) is 4.57. The number of amides is 2. The Kier molecular flexibility index (Phi) is 5.39. The number of carbonyl (C=O) groups is 1. The summed E-state index contributed by atoms with van der Waals surface area (Å²) in [6.07, 6.45) is 1.81. The predicted octanol–water partition coefficient (Wildman–Crippen LogP) is 1.31. The third-order valence-electron chi connectivity index (χ3n) is 1.47. The van der Waals surface area contributed by atoms with Crippen molar-refractivity contribution >= 4 is 29.1 Å². The minimum atomic E-state index is -0.125. The Bertz CT molecular complexity index is 264. The van der Waals surface area contributed by atoms with Gasteiger partial charge in [-0.3, -0.25) is 0 Å². The van der Waals surface area contributed by atoms with E-state index in [2.05, 4.69) is 15.6 Å². The van der Waals surface area contributed by atoms with Crippen LogP contribution in [0.4, 0.5) is 4.79 Å². The van der Waals surface area contributed by atoms with Crippen LogP contribution in [0, 0.1) is 0 Å². The number of hydrogen-bond donors (Lipinski definition) is 2. The molecule has 78 valence electrons. The second-order valence-electron chi connectivity index (χ2n) is 2.48. The van der Waals surface area contributed by atoms with E-state index in [-0.39, 0.29) is 6.03 Å². The first-order valence-corrected chi connectivity index (χ1v) is 6.28. The van der Waals surface area contributed by atoms with Crippen LogP contribution in [0.2, 0.25) is 0 Å². The summed E-state index contributed by atoms with van der Waals surface area (Å²) in [6.45, 7) is 0.690. The molecule has 1 aromatic rings. The Morgan fingerprint density at radius 3 is 3.21 bits per heavy atom. The molecule has 0 aromatic carbocycles. The van der Waals surface area contributed by atoms with Gasteiger partial charge < -0.3 is 10.6 Å². The maximum Gasteiger partial charge on any atom is 0.314 e. The zero-order chi connectivity index (χ0) is 10.2. The second kappa shape index (κ2) is 6.67. The lowest BCUT2D eigenvalue weighted by Gasteiger charge is -2.02. The van der Waals surface area contributed by atoms with E-state index in [1.165, 1.54) is 0 Å². The molecule has 0 unspecified atom stereocenters. The summed E-state index contributed by atoms with van der Waals surface area (Å²) in [6, 6.07) is -0.125. The summed E-state index contributed by atoms with van der Waals surface area (Å²) >= 11 is 3.43. The van der Waals surface area contributed by atoms with Gasteiger partial charge in [-0.05, 0) is 0 Å². The molecule has 0 atom stereocenters. The molecule has 0 aliphatic carbocycles. The van der Waals surface area contributed by atoms with Crippen LogP contribution in [0.1, 0.15) is 5.01 Å². The van der Waals surface area contributed by atoms with E-state index in [1.807, 2.05) is 11.6 Å². The van der Waals surface area contributed by atoms with E-state index in [9.17, 15) is 4.79 Å². The molecule has 6 heteroatoms. The van der Waals surface area contributed by atoms with Crippen molar-refractivity contribution in [2.24, 2.45) is 0 Å². The van der Waals surface area contributed by atoms with Gasteiger partial charge in [-0.15, -0.1) is 11.3 Å². The van der Waals surface area contributed by atoms with Crippen molar-refractivity contribution in [2.45, 2.75) is 5.75 Å². The smallest absolute Gasteiger partial charge is 0.314 e. The Morgan fingerprint density at radius 1 is 1.71 bits per heavy atom. The largest absolute Gasteiger partial charge is 0.341 e. The molecule has 2 amide bonds. The molecule has 0 bridgehead atoms. The molecule has 4 nitrogen and oxygen atoms in total. The molecule has 0 radical (unpaired) electrons. The molecule has 1 rings (SSSR count). The molecule has 0 saturated carbocycles. The van der Waals surface area contributed by atoms with Crippen molar-refractivity contribution in [1.29, 1.82) is 0 Å². The fraction of sp³-hybridized carbons (Fsp3) is 0.500. The third kappa shape index (κ3) is 4.48. The van der Waals surface area contributed by atoms with Crippen LogP contribution in [0.25, 0.3) is 0 Å². The molecule has 2 N–H and O–H groups in total. The first-order chi connectivity index (χ1) is 6.83. The number of carbonyl (C=O) groups excluding carboxylic acids is 1. The van der Waals surface area contributed by atoms with Crippen LogP contribution in [0.5, 0.6) is 0 Å². The number of thiazole rings is 1. The van der Waals surface area contributed by atoms with Crippen LogP contribution in [0.15, 0.2) is 11.6 Å². The topological polar surface area (TPSA) is 54.0 Å². The van der Waals surface area contributed by atoms with Crippen LogP contribution in [-0.2, 0) is 5.75 Å². The molecule has 14 heavy (non-hydrogen) atoms. The summed E-state index contributed by atoms with van der Waals surface area (Å²) in [7, 11) is 1.61. The standard InChI is InChI=1S/C8H13N3OS2/c1-9-8(12)11-2-4-13-6-7-10-3-5-14-7/h3,5H,2,4,6H2,1H3,(H2,9,11,12). The summed E-state index contributed by atoms with van der Waals surface area (Å²) in [5.74, 6) is 1.83. The summed E-state index contributed by atoms with van der Waals surface area (Å²) in [5, 5.41) is 8.33. The predicted molar refractivity (Wildman–Crippen MR) is 60.7 cm³/mol. The molecule has 0 fully saturated rings. The molecule has 1 heterocycles. The molecule has 1 aromatic heterocycles. The highest BCUT2D eigenvalue weighted by Crippen LogP contribution is 2.13. The van der Waals surface area contributed by atoms with Crippen molar-refractivity contribution in [3.05, 3.63) is 16.6 Å². The average molecular weight is 231 g/mol. The number of nitrogens with zero attached hydrogens (tertiary/aromatic N) is 1. The number of nitrogens with one attached hydrogen (secondary N) is 2. The van der Waals surface area contributed by atoms with Gasteiger partial charge in [-0.1, -0.05) is 0 Å². The van der Waals surface area contributed by atoms with Crippen molar-refractivity contribution in [3.8, 4) is 0 Å². The highest BCUT2D eigenvalue weighted by atomic mass is 32.2. The maximum absolute atomic E-state index is 10.8. The highest BCUT2D eigenvalue weighted by molar-refractivity contribution is 7.98. The van der Waals surface area contributed by atoms with E-state index >= 15 is 0 Å². The minimum Gasteiger partial charge on any atom is -0.341 e. The van der Waals surface area contributed by atoms with Crippen LogP contribution >= 0.6 is 23.1 Å².